The summed E-state index contributed by atoms with van der Waals surface area (Å²) in [5.74, 6) is 4.34. The number of fused-ring (bicyclic) bond motifs is 1. The van der Waals surface area contributed by atoms with Crippen LogP contribution in [0.4, 0.5) is 0 Å². The lowest BCUT2D eigenvalue weighted by Crippen LogP contribution is -2.25. The third-order valence-electron chi connectivity index (χ3n) is 5.53. The first-order valence-electron chi connectivity index (χ1n) is 5.72. The summed E-state index contributed by atoms with van der Waals surface area (Å²) in [5, 5.41) is 0. The molecule has 0 heterocycles. The van der Waals surface area contributed by atoms with Gasteiger partial charge in [-0.3, -0.25) is 0 Å². The largest absolute Gasteiger partial charge is 0.0622 e. The average molecular weight is 164 g/mol. The van der Waals surface area contributed by atoms with E-state index in [9.17, 15) is 0 Å². The molecule has 0 aromatic rings. The number of hydrogen-bond acceptors (Lipinski definition) is 0. The SMILES string of the molecule is CC1CC2CC3CCC2(C3)C1C. The van der Waals surface area contributed by atoms with E-state index < -0.39 is 0 Å². The molecule has 0 N–H and O–H groups in total. The zero-order valence-corrected chi connectivity index (χ0v) is 8.34. The zero-order valence-electron chi connectivity index (χ0n) is 8.34. The minimum absolute atomic E-state index is 0.851. The lowest BCUT2D eigenvalue weighted by molar-refractivity contribution is 0.160. The van der Waals surface area contributed by atoms with Gasteiger partial charge >= 0.3 is 0 Å². The Kier molecular flexibility index (Phi) is 1.28. The number of hydrogen-bond donors (Lipinski definition) is 0. The van der Waals surface area contributed by atoms with Crippen molar-refractivity contribution >= 4 is 0 Å². The van der Waals surface area contributed by atoms with Gasteiger partial charge in [-0.15, -0.1) is 0 Å². The quantitative estimate of drug-likeness (QED) is 0.514. The smallest absolute Gasteiger partial charge is 0.0238 e. The first-order valence-corrected chi connectivity index (χ1v) is 5.72. The van der Waals surface area contributed by atoms with E-state index in [0.717, 1.165) is 29.1 Å². The lowest BCUT2D eigenvalue weighted by Gasteiger charge is -2.33. The Morgan fingerprint density at radius 1 is 1.17 bits per heavy atom. The highest BCUT2D eigenvalue weighted by Gasteiger charge is 2.59. The van der Waals surface area contributed by atoms with Crippen molar-refractivity contribution in [2.24, 2.45) is 29.1 Å². The van der Waals surface area contributed by atoms with Crippen LogP contribution in [0.15, 0.2) is 0 Å². The molecule has 0 saturated heterocycles. The van der Waals surface area contributed by atoms with Gasteiger partial charge in [-0.1, -0.05) is 13.8 Å². The van der Waals surface area contributed by atoms with Crippen molar-refractivity contribution in [3.63, 3.8) is 0 Å². The summed E-state index contributed by atoms with van der Waals surface area (Å²) >= 11 is 0. The fourth-order valence-corrected chi connectivity index (χ4v) is 4.76. The Labute approximate surface area is 75.7 Å². The summed E-state index contributed by atoms with van der Waals surface area (Å²) in [7, 11) is 0. The van der Waals surface area contributed by atoms with E-state index in [4.69, 9.17) is 0 Å². The molecular formula is C12H20. The van der Waals surface area contributed by atoms with E-state index in [2.05, 4.69) is 13.8 Å². The fourth-order valence-electron chi connectivity index (χ4n) is 4.76. The molecule has 3 saturated carbocycles. The maximum absolute atomic E-state index is 2.53. The van der Waals surface area contributed by atoms with Gasteiger partial charge in [0.2, 0.25) is 0 Å². The normalized spacial score (nSPS) is 62.5. The number of rotatable bonds is 0. The van der Waals surface area contributed by atoms with Gasteiger partial charge in [-0.25, -0.2) is 0 Å². The fraction of sp³-hybridized carbons (Fsp3) is 1.00. The standard InChI is InChI=1S/C12H20/c1-8-5-11-6-10-3-4-12(11,7-10)9(8)2/h8-11H,3-7H2,1-2H3. The summed E-state index contributed by atoms with van der Waals surface area (Å²) in [5.41, 5.74) is 0.851. The molecule has 5 unspecified atom stereocenters. The van der Waals surface area contributed by atoms with Gasteiger partial charge in [0.25, 0.3) is 0 Å². The van der Waals surface area contributed by atoms with E-state index in [1.54, 1.807) is 32.1 Å². The van der Waals surface area contributed by atoms with Gasteiger partial charge in [0.1, 0.15) is 0 Å². The molecule has 0 amide bonds. The Morgan fingerprint density at radius 3 is 2.67 bits per heavy atom. The van der Waals surface area contributed by atoms with Crippen molar-refractivity contribution in [3.8, 4) is 0 Å². The summed E-state index contributed by atoms with van der Waals surface area (Å²) in [6.07, 6.45) is 7.89. The molecule has 68 valence electrons. The monoisotopic (exact) mass is 164 g/mol. The molecule has 5 atom stereocenters. The van der Waals surface area contributed by atoms with Crippen LogP contribution in [0.2, 0.25) is 0 Å². The van der Waals surface area contributed by atoms with Crippen LogP contribution in [-0.2, 0) is 0 Å². The van der Waals surface area contributed by atoms with E-state index >= 15 is 0 Å². The molecule has 0 heteroatoms. The van der Waals surface area contributed by atoms with Crippen molar-refractivity contribution in [3.05, 3.63) is 0 Å². The second-order valence-electron chi connectivity index (χ2n) is 5.78. The van der Waals surface area contributed by atoms with Crippen molar-refractivity contribution in [1.82, 2.24) is 0 Å². The van der Waals surface area contributed by atoms with Crippen molar-refractivity contribution in [2.45, 2.75) is 46.0 Å². The molecule has 0 aliphatic heterocycles. The second kappa shape index (κ2) is 2.08. The molecule has 3 fully saturated rings. The topological polar surface area (TPSA) is 0 Å². The van der Waals surface area contributed by atoms with Crippen LogP contribution < -0.4 is 0 Å². The van der Waals surface area contributed by atoms with Gasteiger partial charge in [0.15, 0.2) is 0 Å². The highest BCUT2D eigenvalue weighted by molar-refractivity contribution is 5.08. The predicted octanol–water partition coefficient (Wildman–Crippen LogP) is 3.47. The molecule has 0 radical (unpaired) electrons. The average Bonchev–Trinajstić information content (AvgIpc) is 2.65. The summed E-state index contributed by atoms with van der Waals surface area (Å²) in [6, 6.07) is 0. The molecule has 12 heavy (non-hydrogen) atoms. The Balaban J connectivity index is 1.98. The highest BCUT2D eigenvalue weighted by Crippen LogP contribution is 2.68. The minimum Gasteiger partial charge on any atom is -0.0622 e. The van der Waals surface area contributed by atoms with Gasteiger partial charge in [0, 0.05) is 0 Å². The van der Waals surface area contributed by atoms with E-state index in [1.165, 1.54) is 0 Å². The van der Waals surface area contributed by atoms with Gasteiger partial charge in [-0.2, -0.15) is 0 Å². The van der Waals surface area contributed by atoms with Crippen molar-refractivity contribution < 1.29 is 0 Å². The lowest BCUT2D eigenvalue weighted by atomic mass is 9.72. The maximum atomic E-state index is 2.53. The van der Waals surface area contributed by atoms with Gasteiger partial charge < -0.3 is 0 Å². The summed E-state index contributed by atoms with van der Waals surface area (Å²) in [4.78, 5) is 0. The summed E-state index contributed by atoms with van der Waals surface area (Å²) < 4.78 is 0. The zero-order chi connectivity index (χ0) is 8.34. The third-order valence-corrected chi connectivity index (χ3v) is 5.53. The highest BCUT2D eigenvalue weighted by atomic mass is 14.6. The van der Waals surface area contributed by atoms with Crippen LogP contribution >= 0.6 is 0 Å². The second-order valence-corrected chi connectivity index (χ2v) is 5.78. The maximum Gasteiger partial charge on any atom is -0.0238 e. The minimum atomic E-state index is 0.851. The Hall–Kier alpha value is 0. The molecule has 3 aliphatic rings. The third kappa shape index (κ3) is 0.661. The van der Waals surface area contributed by atoms with Crippen LogP contribution in [0.3, 0.4) is 0 Å². The van der Waals surface area contributed by atoms with Crippen LogP contribution in [0.1, 0.15) is 46.0 Å². The van der Waals surface area contributed by atoms with Gasteiger partial charge in [-0.05, 0) is 61.2 Å². The molecule has 0 aromatic heterocycles. The van der Waals surface area contributed by atoms with Crippen molar-refractivity contribution in [2.75, 3.05) is 0 Å². The first kappa shape index (κ1) is 7.41. The molecule has 0 nitrogen and oxygen atoms in total. The van der Waals surface area contributed by atoms with Crippen LogP contribution in [0.25, 0.3) is 0 Å². The molecule has 3 aliphatic carbocycles. The van der Waals surface area contributed by atoms with E-state index in [1.807, 2.05) is 0 Å². The first-order chi connectivity index (χ1) is 5.72. The molecule has 2 bridgehead atoms. The van der Waals surface area contributed by atoms with Gasteiger partial charge in [0.05, 0.1) is 0 Å². The predicted molar refractivity (Wildman–Crippen MR) is 50.8 cm³/mol. The van der Waals surface area contributed by atoms with Crippen LogP contribution in [-0.4, -0.2) is 0 Å². The molecule has 0 aromatic carbocycles. The molecule has 3 rings (SSSR count). The van der Waals surface area contributed by atoms with E-state index in [0.29, 0.717) is 0 Å². The summed E-state index contributed by atoms with van der Waals surface area (Å²) in [6.45, 7) is 5.00. The molecule has 1 spiro atoms. The van der Waals surface area contributed by atoms with Crippen LogP contribution in [0, 0.1) is 29.1 Å². The Bertz CT molecular complexity index is 204. The van der Waals surface area contributed by atoms with Crippen molar-refractivity contribution in [1.29, 1.82) is 0 Å². The Morgan fingerprint density at radius 2 is 2.00 bits per heavy atom. The van der Waals surface area contributed by atoms with E-state index in [-0.39, 0.29) is 0 Å². The van der Waals surface area contributed by atoms with Crippen LogP contribution in [0.5, 0.6) is 0 Å². The molecular weight excluding hydrogens is 144 g/mol.